The highest BCUT2D eigenvalue weighted by atomic mass is 127. The summed E-state index contributed by atoms with van der Waals surface area (Å²) in [5.74, 6) is 0. The minimum absolute atomic E-state index is 0.485. The summed E-state index contributed by atoms with van der Waals surface area (Å²) in [7, 11) is 0. The van der Waals surface area contributed by atoms with Crippen molar-refractivity contribution in [2.24, 2.45) is 0 Å². The highest BCUT2D eigenvalue weighted by Gasteiger charge is 2.03. The molecule has 0 aromatic carbocycles. The van der Waals surface area contributed by atoms with Gasteiger partial charge in [0.1, 0.15) is 0 Å². The fourth-order valence-electron chi connectivity index (χ4n) is 0.740. The Labute approximate surface area is 79.3 Å². The Bertz CT molecular complexity index is 209. The molecule has 0 saturated carbocycles. The lowest BCUT2D eigenvalue weighted by atomic mass is 10.3. The number of hydrogen-bond donors (Lipinski definition) is 1. The van der Waals surface area contributed by atoms with Crippen molar-refractivity contribution in [3.8, 4) is 0 Å². The van der Waals surface area contributed by atoms with Gasteiger partial charge in [0.25, 0.3) is 0 Å². The second-order valence-corrected chi connectivity index (χ2v) is 4.22. The van der Waals surface area contributed by atoms with Crippen molar-refractivity contribution in [1.29, 1.82) is 0 Å². The van der Waals surface area contributed by atoms with E-state index in [4.69, 9.17) is 0 Å². The van der Waals surface area contributed by atoms with Crippen LogP contribution in [0.4, 0.5) is 0 Å². The van der Waals surface area contributed by atoms with Crippen LogP contribution in [0.3, 0.4) is 0 Å². The minimum atomic E-state index is 0.485. The molecule has 0 spiro atoms. The molecule has 0 aliphatic heterocycles. The molecule has 1 unspecified atom stereocenters. The average Bonchev–Trinajstić information content (AvgIpc) is 2.34. The van der Waals surface area contributed by atoms with Gasteiger partial charge < -0.3 is 0 Å². The van der Waals surface area contributed by atoms with Crippen LogP contribution >= 0.6 is 34.2 Å². The van der Waals surface area contributed by atoms with Gasteiger partial charge in [0.2, 0.25) is 0 Å². The maximum atomic E-state index is 3.17. The number of thiophene rings is 1. The zero-order chi connectivity index (χ0) is 7.56. The van der Waals surface area contributed by atoms with Crippen molar-refractivity contribution in [2.45, 2.75) is 19.9 Å². The molecule has 0 radical (unpaired) electrons. The Morgan fingerprint density at radius 1 is 1.60 bits per heavy atom. The number of nitrogens with one attached hydrogen (secondary N) is 1. The average molecular weight is 267 g/mol. The first kappa shape index (κ1) is 8.49. The molecule has 56 valence electrons. The highest BCUT2D eigenvalue weighted by molar-refractivity contribution is 14.1. The molecule has 1 nitrogen and oxygen atoms in total. The molecular weight excluding hydrogens is 257 g/mol. The van der Waals surface area contributed by atoms with Crippen molar-refractivity contribution in [1.82, 2.24) is 3.53 Å². The van der Waals surface area contributed by atoms with Crippen LogP contribution in [-0.4, -0.2) is 0 Å². The van der Waals surface area contributed by atoms with E-state index >= 15 is 0 Å². The Kier molecular flexibility index (Phi) is 3.13. The Hall–Kier alpha value is 0.390. The van der Waals surface area contributed by atoms with E-state index in [9.17, 15) is 0 Å². The van der Waals surface area contributed by atoms with Crippen LogP contribution in [0.1, 0.15) is 22.7 Å². The van der Waals surface area contributed by atoms with Gasteiger partial charge in [0.15, 0.2) is 0 Å². The highest BCUT2D eigenvalue weighted by Crippen LogP contribution is 2.22. The van der Waals surface area contributed by atoms with Crippen molar-refractivity contribution >= 4 is 34.2 Å². The van der Waals surface area contributed by atoms with E-state index in [1.165, 1.54) is 9.75 Å². The molecule has 10 heavy (non-hydrogen) atoms. The molecule has 0 aliphatic rings. The third-order valence-corrected chi connectivity index (χ3v) is 3.47. The van der Waals surface area contributed by atoms with E-state index in [-0.39, 0.29) is 0 Å². The van der Waals surface area contributed by atoms with Gasteiger partial charge in [0, 0.05) is 38.7 Å². The van der Waals surface area contributed by atoms with Crippen LogP contribution in [0.5, 0.6) is 0 Å². The van der Waals surface area contributed by atoms with E-state index in [1.54, 1.807) is 0 Å². The Balaban J connectivity index is 2.74. The summed E-state index contributed by atoms with van der Waals surface area (Å²) in [4.78, 5) is 2.79. The maximum absolute atomic E-state index is 3.17. The van der Waals surface area contributed by atoms with E-state index < -0.39 is 0 Å². The summed E-state index contributed by atoms with van der Waals surface area (Å²) in [5, 5.41) is 0. The summed E-state index contributed by atoms with van der Waals surface area (Å²) in [5.41, 5.74) is 0. The van der Waals surface area contributed by atoms with Gasteiger partial charge in [-0.05, 0) is 26.0 Å². The van der Waals surface area contributed by atoms with Gasteiger partial charge in [-0.15, -0.1) is 11.3 Å². The molecule has 1 aromatic rings. The van der Waals surface area contributed by atoms with Crippen LogP contribution in [0, 0.1) is 6.92 Å². The molecule has 3 heteroatoms. The topological polar surface area (TPSA) is 12.0 Å². The summed E-state index contributed by atoms with van der Waals surface area (Å²) in [6, 6.07) is 4.82. The number of rotatable bonds is 2. The number of aryl methyl sites for hydroxylation is 1. The van der Waals surface area contributed by atoms with Crippen molar-refractivity contribution < 1.29 is 0 Å². The second kappa shape index (κ2) is 3.69. The van der Waals surface area contributed by atoms with Gasteiger partial charge in [-0.3, -0.25) is 3.53 Å². The van der Waals surface area contributed by atoms with E-state index in [0.717, 1.165) is 0 Å². The lowest BCUT2D eigenvalue weighted by Gasteiger charge is -2.03. The predicted molar refractivity (Wildman–Crippen MR) is 54.6 cm³/mol. The minimum Gasteiger partial charge on any atom is -0.253 e. The quantitative estimate of drug-likeness (QED) is 0.641. The molecule has 1 rings (SSSR count). The smallest absolute Gasteiger partial charge is 0.0478 e. The van der Waals surface area contributed by atoms with Gasteiger partial charge in [0.05, 0.1) is 0 Å². The summed E-state index contributed by atoms with van der Waals surface area (Å²) >= 11 is 4.04. The van der Waals surface area contributed by atoms with Gasteiger partial charge in [-0.2, -0.15) is 0 Å². The fraction of sp³-hybridized carbons (Fsp3) is 0.429. The zero-order valence-corrected chi connectivity index (χ0v) is 8.99. The normalized spacial score (nSPS) is 13.5. The SMILES string of the molecule is Cc1ccc(C(C)NI)s1. The predicted octanol–water partition coefficient (Wildman–Crippen LogP) is 3.06. The molecule has 1 N–H and O–H groups in total. The monoisotopic (exact) mass is 267 g/mol. The van der Waals surface area contributed by atoms with Crippen molar-refractivity contribution in [3.05, 3.63) is 21.9 Å². The Morgan fingerprint density at radius 2 is 2.30 bits per heavy atom. The van der Waals surface area contributed by atoms with Gasteiger partial charge in [-0.1, -0.05) is 0 Å². The summed E-state index contributed by atoms with van der Waals surface area (Å²) in [6.45, 7) is 4.30. The molecule has 0 bridgehead atoms. The maximum Gasteiger partial charge on any atom is 0.0478 e. The molecule has 1 heterocycles. The van der Waals surface area contributed by atoms with Gasteiger partial charge >= 0.3 is 0 Å². The number of hydrogen-bond acceptors (Lipinski definition) is 2. The van der Waals surface area contributed by atoms with Crippen LogP contribution in [0.15, 0.2) is 12.1 Å². The first-order chi connectivity index (χ1) is 4.74. The first-order valence-corrected chi connectivity index (χ1v) is 5.06. The molecule has 1 aromatic heterocycles. The molecule has 1 atom stereocenters. The lowest BCUT2D eigenvalue weighted by Crippen LogP contribution is -2.02. The van der Waals surface area contributed by atoms with Crippen LogP contribution < -0.4 is 3.53 Å². The fourth-order valence-corrected chi connectivity index (χ4v) is 2.17. The Morgan fingerprint density at radius 3 is 2.70 bits per heavy atom. The van der Waals surface area contributed by atoms with Crippen LogP contribution in [0.25, 0.3) is 0 Å². The lowest BCUT2D eigenvalue weighted by molar-refractivity contribution is 0.796. The molecule has 0 amide bonds. The first-order valence-electron chi connectivity index (χ1n) is 3.16. The largest absolute Gasteiger partial charge is 0.253 e. The van der Waals surface area contributed by atoms with E-state index in [0.29, 0.717) is 6.04 Å². The third kappa shape index (κ3) is 1.93. The van der Waals surface area contributed by atoms with Gasteiger partial charge in [-0.25, -0.2) is 0 Å². The molecule has 0 aliphatic carbocycles. The standard InChI is InChI=1S/C7H10INS/c1-5-3-4-7(10-5)6(2)9-8/h3-4,6,9H,1-2H3. The number of halogens is 1. The van der Waals surface area contributed by atoms with Crippen LogP contribution in [0.2, 0.25) is 0 Å². The molecule has 0 saturated heterocycles. The summed E-state index contributed by atoms with van der Waals surface area (Å²) < 4.78 is 3.17. The van der Waals surface area contributed by atoms with E-state index in [1.807, 2.05) is 11.3 Å². The van der Waals surface area contributed by atoms with Crippen molar-refractivity contribution in [2.75, 3.05) is 0 Å². The van der Waals surface area contributed by atoms with Crippen LogP contribution in [-0.2, 0) is 0 Å². The third-order valence-electron chi connectivity index (χ3n) is 1.35. The van der Waals surface area contributed by atoms with E-state index in [2.05, 4.69) is 52.4 Å². The molecular formula is C7H10INS. The van der Waals surface area contributed by atoms with Crippen molar-refractivity contribution in [3.63, 3.8) is 0 Å². The zero-order valence-electron chi connectivity index (χ0n) is 6.02. The molecule has 0 fully saturated rings. The second-order valence-electron chi connectivity index (χ2n) is 2.28. The summed E-state index contributed by atoms with van der Waals surface area (Å²) in [6.07, 6.45) is 0.